The zero-order valence-electron chi connectivity index (χ0n) is 18.0. The molecule has 1 aliphatic carbocycles. The molecule has 0 radical (unpaired) electrons. The molecule has 3 heteroatoms. The van der Waals surface area contributed by atoms with Crippen LogP contribution >= 0.6 is 0 Å². The van der Waals surface area contributed by atoms with E-state index in [1.165, 1.54) is 48.2 Å². The van der Waals surface area contributed by atoms with Gasteiger partial charge in [-0.15, -0.1) is 0 Å². The quantitative estimate of drug-likeness (QED) is 0.560. The van der Waals surface area contributed by atoms with Crippen LogP contribution in [0.3, 0.4) is 0 Å². The van der Waals surface area contributed by atoms with Gasteiger partial charge in [-0.1, -0.05) is 48.5 Å². The summed E-state index contributed by atoms with van der Waals surface area (Å²) in [5.74, 6) is 2.02. The maximum Gasteiger partial charge on any atom is 0.119 e. The zero-order chi connectivity index (χ0) is 21.0. The molecule has 2 atom stereocenters. The van der Waals surface area contributed by atoms with Gasteiger partial charge in [-0.05, 0) is 91.2 Å². The van der Waals surface area contributed by atoms with E-state index in [2.05, 4.69) is 65.6 Å². The number of benzene rings is 3. The summed E-state index contributed by atoms with van der Waals surface area (Å²) in [7, 11) is 0. The summed E-state index contributed by atoms with van der Waals surface area (Å²) in [5.41, 5.74) is 5.30. The van der Waals surface area contributed by atoms with Gasteiger partial charge in [-0.2, -0.15) is 0 Å². The van der Waals surface area contributed by atoms with Crippen molar-refractivity contribution in [2.24, 2.45) is 0 Å². The van der Waals surface area contributed by atoms with Crippen LogP contribution in [0, 0.1) is 0 Å². The third kappa shape index (κ3) is 4.47. The molecule has 160 valence electrons. The lowest BCUT2D eigenvalue weighted by Gasteiger charge is -2.35. The molecule has 1 saturated heterocycles. The number of likely N-dealkylation sites (tertiary alicyclic amines) is 1. The second kappa shape index (κ2) is 9.15. The molecule has 2 aliphatic rings. The molecule has 3 aromatic rings. The lowest BCUT2D eigenvalue weighted by molar-refractivity contribution is 0.237. The number of fused-ring (bicyclic) bond motifs is 1. The number of nitrogens with zero attached hydrogens (tertiary/aromatic N) is 1. The van der Waals surface area contributed by atoms with Gasteiger partial charge in [0.15, 0.2) is 0 Å². The Labute approximate surface area is 185 Å². The summed E-state index contributed by atoms with van der Waals surface area (Å²) >= 11 is 0. The number of phenols is 1. The minimum absolute atomic E-state index is 0.283. The topological polar surface area (TPSA) is 32.7 Å². The molecule has 3 nitrogen and oxygen atoms in total. The van der Waals surface area contributed by atoms with E-state index in [1.807, 2.05) is 12.1 Å². The summed E-state index contributed by atoms with van der Waals surface area (Å²) in [6.45, 7) is 4.18. The van der Waals surface area contributed by atoms with Gasteiger partial charge >= 0.3 is 0 Å². The van der Waals surface area contributed by atoms with Crippen LogP contribution in [-0.4, -0.2) is 36.2 Å². The van der Waals surface area contributed by atoms with Crippen LogP contribution in [0.1, 0.15) is 53.4 Å². The Bertz CT molecular complexity index is 993. The van der Waals surface area contributed by atoms with E-state index in [0.29, 0.717) is 11.7 Å². The van der Waals surface area contributed by atoms with Crippen LogP contribution in [0.2, 0.25) is 0 Å². The Morgan fingerprint density at radius 1 is 0.871 bits per heavy atom. The predicted molar refractivity (Wildman–Crippen MR) is 125 cm³/mol. The van der Waals surface area contributed by atoms with E-state index in [1.54, 1.807) is 0 Å². The first-order valence-electron chi connectivity index (χ1n) is 11.6. The number of phenolic OH excluding ortho intramolecular Hbond substituents is 1. The predicted octanol–water partition coefficient (Wildman–Crippen LogP) is 5.73. The Morgan fingerprint density at radius 3 is 2.42 bits per heavy atom. The molecule has 5 rings (SSSR count). The number of hydrogen-bond donors (Lipinski definition) is 1. The Morgan fingerprint density at radius 2 is 1.65 bits per heavy atom. The minimum Gasteiger partial charge on any atom is -0.508 e. The number of aryl methyl sites for hydroxylation is 1. The molecule has 3 aromatic carbocycles. The van der Waals surface area contributed by atoms with Crippen molar-refractivity contribution in [1.82, 2.24) is 4.90 Å². The summed E-state index contributed by atoms with van der Waals surface area (Å²) in [4.78, 5) is 2.48. The van der Waals surface area contributed by atoms with E-state index in [0.717, 1.165) is 31.7 Å². The molecule has 31 heavy (non-hydrogen) atoms. The third-order valence-corrected chi connectivity index (χ3v) is 6.93. The smallest absolute Gasteiger partial charge is 0.119 e. The van der Waals surface area contributed by atoms with Crippen molar-refractivity contribution in [3.63, 3.8) is 0 Å². The van der Waals surface area contributed by atoms with Crippen LogP contribution in [0.4, 0.5) is 0 Å². The average Bonchev–Trinajstić information content (AvgIpc) is 3.33. The van der Waals surface area contributed by atoms with Crippen molar-refractivity contribution in [1.29, 1.82) is 0 Å². The van der Waals surface area contributed by atoms with Crippen LogP contribution in [0.15, 0.2) is 72.8 Å². The molecule has 1 aliphatic heterocycles. The highest BCUT2D eigenvalue weighted by atomic mass is 16.5. The molecule has 1 fully saturated rings. The first kappa shape index (κ1) is 20.1. The molecule has 1 heterocycles. The van der Waals surface area contributed by atoms with E-state index in [9.17, 15) is 5.11 Å². The fourth-order valence-electron chi connectivity index (χ4n) is 5.35. The minimum atomic E-state index is 0.283. The van der Waals surface area contributed by atoms with Gasteiger partial charge in [0, 0.05) is 12.5 Å². The number of hydrogen-bond acceptors (Lipinski definition) is 3. The molecular weight excluding hydrogens is 382 g/mol. The maximum absolute atomic E-state index is 10.0. The van der Waals surface area contributed by atoms with Crippen molar-refractivity contribution in [2.75, 3.05) is 26.2 Å². The van der Waals surface area contributed by atoms with Gasteiger partial charge < -0.3 is 9.84 Å². The maximum atomic E-state index is 10.0. The highest BCUT2D eigenvalue weighted by molar-refractivity contribution is 5.48. The fourth-order valence-corrected chi connectivity index (χ4v) is 5.35. The van der Waals surface area contributed by atoms with Gasteiger partial charge in [0.2, 0.25) is 0 Å². The molecule has 0 spiro atoms. The number of rotatable bonds is 6. The van der Waals surface area contributed by atoms with E-state index >= 15 is 0 Å². The van der Waals surface area contributed by atoms with Gasteiger partial charge in [0.25, 0.3) is 0 Å². The molecule has 1 unspecified atom stereocenters. The standard InChI is InChI=1S/C28H31NO2/c30-24-11-15-27-23(20-24)10-14-26(21-6-2-1-3-7-21)28(27)22-8-12-25(13-9-22)31-19-18-29-16-4-5-17-29/h1-3,6-9,11-13,15,20,26,28,30H,4-5,10,14,16-19H2/t26?,28-/m0/s1. The van der Waals surface area contributed by atoms with E-state index in [4.69, 9.17) is 4.74 Å². The lowest BCUT2D eigenvalue weighted by atomic mass is 9.69. The van der Waals surface area contributed by atoms with Crippen LogP contribution in [0.5, 0.6) is 11.5 Å². The van der Waals surface area contributed by atoms with Crippen molar-refractivity contribution in [3.05, 3.63) is 95.1 Å². The second-order valence-electron chi connectivity index (χ2n) is 8.88. The number of ether oxygens (including phenoxy) is 1. The lowest BCUT2D eigenvalue weighted by Crippen LogP contribution is -2.25. The third-order valence-electron chi connectivity index (χ3n) is 6.93. The molecule has 0 aromatic heterocycles. The number of aromatic hydroxyl groups is 1. The van der Waals surface area contributed by atoms with Crippen molar-refractivity contribution in [2.45, 2.75) is 37.5 Å². The average molecular weight is 414 g/mol. The van der Waals surface area contributed by atoms with Gasteiger partial charge in [0.1, 0.15) is 18.1 Å². The fraction of sp³-hybridized carbons (Fsp3) is 0.357. The normalized spacial score (nSPS) is 21.0. The Hall–Kier alpha value is -2.78. The molecule has 0 bridgehead atoms. The highest BCUT2D eigenvalue weighted by Crippen LogP contribution is 2.47. The zero-order valence-corrected chi connectivity index (χ0v) is 18.0. The summed E-state index contributed by atoms with van der Waals surface area (Å²) in [6.07, 6.45) is 4.71. The second-order valence-corrected chi connectivity index (χ2v) is 8.88. The van der Waals surface area contributed by atoms with Gasteiger partial charge in [0.05, 0.1) is 0 Å². The van der Waals surface area contributed by atoms with Crippen molar-refractivity contribution < 1.29 is 9.84 Å². The molecule has 0 amide bonds. The van der Waals surface area contributed by atoms with Crippen molar-refractivity contribution in [3.8, 4) is 11.5 Å². The van der Waals surface area contributed by atoms with Crippen molar-refractivity contribution >= 4 is 0 Å². The summed E-state index contributed by atoms with van der Waals surface area (Å²) < 4.78 is 6.03. The van der Waals surface area contributed by atoms with Crippen LogP contribution in [-0.2, 0) is 6.42 Å². The molecule has 0 saturated carbocycles. The van der Waals surface area contributed by atoms with E-state index in [-0.39, 0.29) is 5.92 Å². The summed E-state index contributed by atoms with van der Waals surface area (Å²) in [5, 5.41) is 10.0. The van der Waals surface area contributed by atoms with Gasteiger partial charge in [-0.3, -0.25) is 4.90 Å². The SMILES string of the molecule is Oc1ccc2c(c1)CCC(c1ccccc1)[C@@H]2c1ccc(OCCN2CCCC2)cc1. The monoisotopic (exact) mass is 413 g/mol. The Kier molecular flexibility index (Phi) is 5.95. The van der Waals surface area contributed by atoms with Crippen LogP contribution in [0.25, 0.3) is 0 Å². The summed E-state index contributed by atoms with van der Waals surface area (Å²) in [6, 6.07) is 25.4. The van der Waals surface area contributed by atoms with Crippen LogP contribution < -0.4 is 4.74 Å². The van der Waals surface area contributed by atoms with Gasteiger partial charge in [-0.25, -0.2) is 0 Å². The Balaban J connectivity index is 1.38. The first-order valence-corrected chi connectivity index (χ1v) is 11.6. The molecule has 1 N–H and O–H groups in total. The first-order chi connectivity index (χ1) is 15.3. The molecular formula is C28H31NO2. The van der Waals surface area contributed by atoms with E-state index < -0.39 is 0 Å². The highest BCUT2D eigenvalue weighted by Gasteiger charge is 2.32. The largest absolute Gasteiger partial charge is 0.508 e.